The second kappa shape index (κ2) is 4.67. The summed E-state index contributed by atoms with van der Waals surface area (Å²) in [6.45, 7) is 3.39. The van der Waals surface area contributed by atoms with Crippen LogP contribution in [-0.2, 0) is 0 Å². The third-order valence-corrected chi connectivity index (χ3v) is 2.30. The summed E-state index contributed by atoms with van der Waals surface area (Å²) < 4.78 is 0. The van der Waals surface area contributed by atoms with Crippen LogP contribution >= 0.6 is 0 Å². The molecule has 0 aliphatic rings. The molecule has 0 amide bonds. The van der Waals surface area contributed by atoms with Crippen LogP contribution in [0.4, 0.5) is 5.82 Å². The van der Waals surface area contributed by atoms with Crippen LogP contribution in [0, 0.1) is 18.3 Å². The molecule has 84 valence electrons. The maximum absolute atomic E-state index is 9.39. The van der Waals surface area contributed by atoms with Crippen LogP contribution < -0.4 is 4.90 Å². The first-order valence-electron chi connectivity index (χ1n) is 4.91. The number of nitrogens with zero attached hydrogens (tertiary/aromatic N) is 3. The largest absolute Gasteiger partial charge is 0.511 e. The predicted octanol–water partition coefficient (Wildman–Crippen LogP) is 2.27. The van der Waals surface area contributed by atoms with E-state index >= 15 is 0 Å². The molecule has 0 aliphatic carbocycles. The fourth-order valence-electron chi connectivity index (χ4n) is 1.38. The number of nitriles is 1. The van der Waals surface area contributed by atoms with Crippen molar-refractivity contribution in [2.24, 2.45) is 0 Å². The number of aryl methyl sites for hydroxylation is 1. The lowest BCUT2D eigenvalue weighted by Gasteiger charge is -2.13. The highest BCUT2D eigenvalue weighted by Crippen LogP contribution is 2.22. The molecule has 0 spiro atoms. The summed E-state index contributed by atoms with van der Waals surface area (Å²) >= 11 is 0. The van der Waals surface area contributed by atoms with Gasteiger partial charge in [0.1, 0.15) is 17.6 Å². The van der Waals surface area contributed by atoms with Gasteiger partial charge >= 0.3 is 0 Å². The van der Waals surface area contributed by atoms with Crippen LogP contribution in [-0.4, -0.2) is 24.2 Å². The Morgan fingerprint density at radius 1 is 1.50 bits per heavy atom. The first-order valence-corrected chi connectivity index (χ1v) is 4.91. The van der Waals surface area contributed by atoms with E-state index in [1.54, 1.807) is 6.20 Å². The van der Waals surface area contributed by atoms with Gasteiger partial charge in [0.05, 0.1) is 5.57 Å². The van der Waals surface area contributed by atoms with Crippen molar-refractivity contribution in [2.45, 2.75) is 13.8 Å². The first kappa shape index (κ1) is 12.1. The van der Waals surface area contributed by atoms with E-state index in [1.807, 2.05) is 38.1 Å². The molecule has 1 heterocycles. The molecule has 4 nitrogen and oxygen atoms in total. The van der Waals surface area contributed by atoms with Gasteiger partial charge in [0.15, 0.2) is 0 Å². The SMILES string of the molecule is C/C(O)=C(/C#N)c1cnc(N(C)C)cc1C. The molecule has 0 fully saturated rings. The molecule has 1 rings (SSSR count). The minimum absolute atomic E-state index is 0.0185. The number of aliphatic hydroxyl groups excluding tert-OH is 1. The Hall–Kier alpha value is -2.02. The maximum atomic E-state index is 9.39. The van der Waals surface area contributed by atoms with Crippen molar-refractivity contribution in [1.29, 1.82) is 5.26 Å². The molecular weight excluding hydrogens is 202 g/mol. The van der Waals surface area contributed by atoms with E-state index in [0.29, 0.717) is 5.56 Å². The third kappa shape index (κ3) is 2.31. The van der Waals surface area contributed by atoms with Gasteiger partial charge in [-0.25, -0.2) is 4.98 Å². The molecule has 0 saturated carbocycles. The Morgan fingerprint density at radius 3 is 2.50 bits per heavy atom. The summed E-state index contributed by atoms with van der Waals surface area (Å²) in [5, 5.41) is 18.3. The topological polar surface area (TPSA) is 60.1 Å². The second-order valence-corrected chi connectivity index (χ2v) is 3.82. The van der Waals surface area contributed by atoms with Crippen molar-refractivity contribution in [1.82, 2.24) is 4.98 Å². The van der Waals surface area contributed by atoms with Gasteiger partial charge in [0.2, 0.25) is 0 Å². The van der Waals surface area contributed by atoms with Gasteiger partial charge in [-0.3, -0.25) is 0 Å². The first-order chi connectivity index (χ1) is 7.47. The lowest BCUT2D eigenvalue weighted by molar-refractivity contribution is 0.418. The van der Waals surface area contributed by atoms with E-state index in [0.717, 1.165) is 11.4 Å². The molecule has 1 aromatic heterocycles. The number of pyridine rings is 1. The Morgan fingerprint density at radius 2 is 2.12 bits per heavy atom. The normalized spacial score (nSPS) is 11.7. The number of aromatic nitrogens is 1. The zero-order valence-corrected chi connectivity index (χ0v) is 9.94. The van der Waals surface area contributed by atoms with E-state index in [2.05, 4.69) is 4.98 Å². The molecule has 0 atom stereocenters. The van der Waals surface area contributed by atoms with Gasteiger partial charge < -0.3 is 10.0 Å². The number of anilines is 1. The fourth-order valence-corrected chi connectivity index (χ4v) is 1.38. The smallest absolute Gasteiger partial charge is 0.128 e. The summed E-state index contributed by atoms with van der Waals surface area (Å²) in [6, 6.07) is 3.87. The van der Waals surface area contributed by atoms with Crippen LogP contribution in [0.3, 0.4) is 0 Å². The van der Waals surface area contributed by atoms with Gasteiger partial charge in [0, 0.05) is 25.9 Å². The number of aliphatic hydroxyl groups is 1. The lowest BCUT2D eigenvalue weighted by atomic mass is 10.0. The number of hydrogen-bond acceptors (Lipinski definition) is 4. The quantitative estimate of drug-likeness (QED) is 0.609. The maximum Gasteiger partial charge on any atom is 0.128 e. The molecule has 1 aromatic rings. The van der Waals surface area contributed by atoms with E-state index in [1.165, 1.54) is 6.92 Å². The second-order valence-electron chi connectivity index (χ2n) is 3.82. The molecule has 0 radical (unpaired) electrons. The number of hydrogen-bond donors (Lipinski definition) is 1. The van der Waals surface area contributed by atoms with E-state index in [9.17, 15) is 5.11 Å². The molecule has 0 unspecified atom stereocenters. The molecule has 0 bridgehead atoms. The highest BCUT2D eigenvalue weighted by atomic mass is 16.3. The molecule has 4 heteroatoms. The summed E-state index contributed by atoms with van der Waals surface area (Å²) in [7, 11) is 3.81. The summed E-state index contributed by atoms with van der Waals surface area (Å²) in [4.78, 5) is 6.11. The van der Waals surface area contributed by atoms with Crippen molar-refractivity contribution in [3.05, 3.63) is 29.1 Å². The van der Waals surface area contributed by atoms with Crippen molar-refractivity contribution in [2.75, 3.05) is 19.0 Å². The Bertz CT molecular complexity index is 466. The third-order valence-electron chi connectivity index (χ3n) is 2.30. The highest BCUT2D eigenvalue weighted by Gasteiger charge is 2.10. The Kier molecular flexibility index (Phi) is 3.51. The van der Waals surface area contributed by atoms with Crippen molar-refractivity contribution < 1.29 is 5.11 Å². The molecule has 0 aromatic carbocycles. The minimum Gasteiger partial charge on any atom is -0.511 e. The van der Waals surface area contributed by atoms with Gasteiger partial charge in [-0.1, -0.05) is 0 Å². The number of rotatable bonds is 2. The van der Waals surface area contributed by atoms with Crippen LogP contribution in [0.15, 0.2) is 18.0 Å². The van der Waals surface area contributed by atoms with Gasteiger partial charge in [0.25, 0.3) is 0 Å². The molecule has 0 aliphatic heterocycles. The average molecular weight is 217 g/mol. The van der Waals surface area contributed by atoms with Gasteiger partial charge in [-0.15, -0.1) is 0 Å². The average Bonchev–Trinajstić information content (AvgIpc) is 2.20. The monoisotopic (exact) mass is 217 g/mol. The zero-order valence-electron chi connectivity index (χ0n) is 9.94. The van der Waals surface area contributed by atoms with Gasteiger partial charge in [-0.2, -0.15) is 5.26 Å². The Labute approximate surface area is 95.5 Å². The summed E-state index contributed by atoms with van der Waals surface area (Å²) in [6.07, 6.45) is 1.61. The highest BCUT2D eigenvalue weighted by molar-refractivity contribution is 5.79. The standard InChI is InChI=1S/C12H15N3O/c1-8-5-12(15(3)4)14-7-11(8)10(6-13)9(2)16/h5,7,16H,1-4H3/b10-9+. The van der Waals surface area contributed by atoms with Crippen LogP contribution in [0.1, 0.15) is 18.1 Å². The van der Waals surface area contributed by atoms with E-state index < -0.39 is 0 Å². The predicted molar refractivity (Wildman–Crippen MR) is 64.1 cm³/mol. The van der Waals surface area contributed by atoms with Crippen molar-refractivity contribution >= 4 is 11.4 Å². The van der Waals surface area contributed by atoms with E-state index in [-0.39, 0.29) is 11.3 Å². The van der Waals surface area contributed by atoms with Crippen LogP contribution in [0.5, 0.6) is 0 Å². The Balaban J connectivity index is 3.30. The zero-order chi connectivity index (χ0) is 12.3. The van der Waals surface area contributed by atoms with Gasteiger partial charge in [-0.05, 0) is 25.5 Å². The van der Waals surface area contributed by atoms with Crippen LogP contribution in [0.2, 0.25) is 0 Å². The number of allylic oxidation sites excluding steroid dienone is 2. The van der Waals surface area contributed by atoms with Crippen LogP contribution in [0.25, 0.3) is 5.57 Å². The lowest BCUT2D eigenvalue weighted by Crippen LogP contribution is -2.11. The summed E-state index contributed by atoms with van der Waals surface area (Å²) in [5.74, 6) is 0.846. The molecular formula is C12H15N3O. The molecule has 16 heavy (non-hydrogen) atoms. The van der Waals surface area contributed by atoms with Crippen molar-refractivity contribution in [3.63, 3.8) is 0 Å². The fraction of sp³-hybridized carbons (Fsp3) is 0.333. The van der Waals surface area contributed by atoms with Crippen molar-refractivity contribution in [3.8, 4) is 6.07 Å². The minimum atomic E-state index is 0.0185. The summed E-state index contributed by atoms with van der Waals surface area (Å²) in [5.41, 5.74) is 1.87. The molecule has 1 N–H and O–H groups in total. The van der Waals surface area contributed by atoms with E-state index in [4.69, 9.17) is 5.26 Å². The molecule has 0 saturated heterocycles.